The summed E-state index contributed by atoms with van der Waals surface area (Å²) in [5, 5.41) is 3.61. The highest BCUT2D eigenvalue weighted by molar-refractivity contribution is 4.99. The van der Waals surface area contributed by atoms with E-state index < -0.39 is 0 Å². The summed E-state index contributed by atoms with van der Waals surface area (Å²) in [5.41, 5.74) is 0.178. The number of nitrogens with zero attached hydrogens (tertiary/aromatic N) is 1. The van der Waals surface area contributed by atoms with Gasteiger partial charge in [-0.2, -0.15) is 0 Å². The fourth-order valence-corrected chi connectivity index (χ4v) is 3.40. The summed E-state index contributed by atoms with van der Waals surface area (Å²) in [5.74, 6) is 0.802. The van der Waals surface area contributed by atoms with Crippen molar-refractivity contribution in [2.45, 2.75) is 37.8 Å². The first-order chi connectivity index (χ1) is 7.28. The van der Waals surface area contributed by atoms with Gasteiger partial charge in [-0.1, -0.05) is 0 Å². The van der Waals surface area contributed by atoms with Crippen LogP contribution in [0.2, 0.25) is 0 Å². The monoisotopic (exact) mass is 210 g/mol. The van der Waals surface area contributed by atoms with Crippen LogP contribution in [0, 0.1) is 5.92 Å². The molecule has 4 rings (SSSR count). The van der Waals surface area contributed by atoms with Crippen LogP contribution in [0.5, 0.6) is 0 Å². The normalized spacial score (nSPS) is 50.6. The van der Waals surface area contributed by atoms with Gasteiger partial charge in [0.2, 0.25) is 0 Å². The second-order valence-corrected chi connectivity index (χ2v) is 5.52. The highest BCUT2D eigenvalue weighted by atomic mass is 16.5. The molecule has 2 bridgehead atoms. The molecule has 4 fully saturated rings. The summed E-state index contributed by atoms with van der Waals surface area (Å²) < 4.78 is 6.24. The van der Waals surface area contributed by atoms with E-state index in [4.69, 9.17) is 4.74 Å². The number of hydrogen-bond donors (Lipinski definition) is 1. The minimum Gasteiger partial charge on any atom is -0.372 e. The van der Waals surface area contributed by atoms with Crippen molar-refractivity contribution in [3.05, 3.63) is 0 Å². The molecule has 4 heterocycles. The van der Waals surface area contributed by atoms with Gasteiger partial charge in [0, 0.05) is 19.1 Å². The van der Waals surface area contributed by atoms with Crippen LogP contribution in [0.1, 0.15) is 26.2 Å². The first kappa shape index (κ1) is 10.1. The molecule has 0 radical (unpaired) electrons. The van der Waals surface area contributed by atoms with Gasteiger partial charge in [-0.15, -0.1) is 0 Å². The third-order valence-electron chi connectivity index (χ3n) is 4.55. The van der Waals surface area contributed by atoms with Crippen LogP contribution < -0.4 is 5.32 Å². The van der Waals surface area contributed by atoms with Crippen LogP contribution in [0.4, 0.5) is 0 Å². The average molecular weight is 210 g/mol. The van der Waals surface area contributed by atoms with Crippen LogP contribution in [0.25, 0.3) is 0 Å². The third-order valence-corrected chi connectivity index (χ3v) is 4.55. The molecule has 3 nitrogen and oxygen atoms in total. The van der Waals surface area contributed by atoms with Crippen LogP contribution in [0.15, 0.2) is 0 Å². The van der Waals surface area contributed by atoms with Crippen molar-refractivity contribution in [3.8, 4) is 0 Å². The van der Waals surface area contributed by atoms with Crippen molar-refractivity contribution in [2.24, 2.45) is 5.92 Å². The minimum absolute atomic E-state index is 0.178. The lowest BCUT2D eigenvalue weighted by molar-refractivity contribution is -0.118. The average Bonchev–Trinajstić information content (AvgIpc) is 2.54. The third kappa shape index (κ3) is 1.71. The van der Waals surface area contributed by atoms with Crippen LogP contribution in [-0.2, 0) is 4.74 Å². The number of piperidine rings is 1. The Balaban J connectivity index is 1.78. The molecule has 0 aromatic carbocycles. The molecule has 15 heavy (non-hydrogen) atoms. The Morgan fingerprint density at radius 1 is 1.27 bits per heavy atom. The SMILES string of the molecule is CC1COC2(CCN3CCC2CC3)CN1. The predicted molar refractivity (Wildman–Crippen MR) is 59.9 cm³/mol. The van der Waals surface area contributed by atoms with Gasteiger partial charge in [0.25, 0.3) is 0 Å². The maximum atomic E-state index is 6.24. The summed E-state index contributed by atoms with van der Waals surface area (Å²) in [6.07, 6.45) is 3.92. The molecule has 4 aliphatic heterocycles. The Hall–Kier alpha value is -0.120. The Bertz CT molecular complexity index is 228. The van der Waals surface area contributed by atoms with Crippen molar-refractivity contribution in [1.29, 1.82) is 0 Å². The molecule has 0 saturated carbocycles. The smallest absolute Gasteiger partial charge is 0.0848 e. The first-order valence-electron chi connectivity index (χ1n) is 6.38. The van der Waals surface area contributed by atoms with Crippen molar-refractivity contribution < 1.29 is 4.74 Å². The number of ether oxygens (including phenoxy) is 1. The second kappa shape index (κ2) is 3.72. The van der Waals surface area contributed by atoms with Crippen molar-refractivity contribution in [2.75, 3.05) is 32.8 Å². The first-order valence-corrected chi connectivity index (χ1v) is 6.38. The van der Waals surface area contributed by atoms with Gasteiger partial charge in [-0.25, -0.2) is 0 Å². The van der Waals surface area contributed by atoms with Crippen LogP contribution in [-0.4, -0.2) is 49.3 Å². The van der Waals surface area contributed by atoms with E-state index in [1.807, 2.05) is 0 Å². The Labute approximate surface area is 92.2 Å². The summed E-state index contributed by atoms with van der Waals surface area (Å²) in [7, 11) is 0. The number of nitrogens with one attached hydrogen (secondary N) is 1. The fourth-order valence-electron chi connectivity index (χ4n) is 3.40. The number of hydrogen-bond acceptors (Lipinski definition) is 3. The molecule has 1 N–H and O–H groups in total. The number of rotatable bonds is 0. The standard InChI is InChI=1S/C12H22N2O/c1-10-8-15-12(9-13-10)4-7-14-5-2-11(12)3-6-14/h10-11,13H,2-9H2,1H3. The molecule has 0 amide bonds. The molecule has 2 atom stereocenters. The zero-order valence-corrected chi connectivity index (χ0v) is 9.67. The largest absolute Gasteiger partial charge is 0.372 e. The van der Waals surface area contributed by atoms with E-state index in [0.717, 1.165) is 19.1 Å². The molecular formula is C12H22N2O. The van der Waals surface area contributed by atoms with Crippen LogP contribution >= 0.6 is 0 Å². The molecule has 86 valence electrons. The fraction of sp³-hybridized carbons (Fsp3) is 1.00. The predicted octanol–water partition coefficient (Wildman–Crippen LogP) is 0.849. The maximum Gasteiger partial charge on any atom is 0.0848 e. The molecular weight excluding hydrogens is 188 g/mol. The number of morpholine rings is 1. The van der Waals surface area contributed by atoms with Gasteiger partial charge in [0.15, 0.2) is 0 Å². The molecule has 2 unspecified atom stereocenters. The molecule has 0 aromatic rings. The van der Waals surface area contributed by atoms with Gasteiger partial charge < -0.3 is 15.0 Å². The van der Waals surface area contributed by atoms with E-state index in [-0.39, 0.29) is 5.60 Å². The van der Waals surface area contributed by atoms with Crippen molar-refractivity contribution in [1.82, 2.24) is 10.2 Å². The van der Waals surface area contributed by atoms with Gasteiger partial charge >= 0.3 is 0 Å². The molecule has 4 aliphatic rings. The molecule has 4 saturated heterocycles. The molecule has 0 aliphatic carbocycles. The summed E-state index contributed by atoms with van der Waals surface area (Å²) in [6, 6.07) is 0.538. The molecule has 3 heteroatoms. The Morgan fingerprint density at radius 2 is 2.07 bits per heavy atom. The Kier molecular flexibility index (Phi) is 2.49. The van der Waals surface area contributed by atoms with Gasteiger partial charge in [-0.05, 0) is 45.2 Å². The highest BCUT2D eigenvalue weighted by Crippen LogP contribution is 2.38. The topological polar surface area (TPSA) is 24.5 Å². The minimum atomic E-state index is 0.178. The second-order valence-electron chi connectivity index (χ2n) is 5.52. The van der Waals surface area contributed by atoms with E-state index in [1.165, 1.54) is 38.9 Å². The van der Waals surface area contributed by atoms with E-state index in [0.29, 0.717) is 6.04 Å². The van der Waals surface area contributed by atoms with Crippen molar-refractivity contribution >= 4 is 0 Å². The van der Waals surface area contributed by atoms with E-state index in [1.54, 1.807) is 0 Å². The van der Waals surface area contributed by atoms with Crippen molar-refractivity contribution in [3.63, 3.8) is 0 Å². The molecule has 1 spiro atoms. The molecule has 0 aromatic heterocycles. The quantitative estimate of drug-likeness (QED) is 0.641. The van der Waals surface area contributed by atoms with Gasteiger partial charge in [0.05, 0.1) is 12.2 Å². The zero-order valence-electron chi connectivity index (χ0n) is 9.67. The lowest BCUT2D eigenvalue weighted by atomic mass is 9.79. The van der Waals surface area contributed by atoms with Crippen LogP contribution in [0.3, 0.4) is 0 Å². The summed E-state index contributed by atoms with van der Waals surface area (Å²) >= 11 is 0. The van der Waals surface area contributed by atoms with E-state index in [2.05, 4.69) is 17.1 Å². The number of fused-ring (bicyclic) bond motifs is 3. The zero-order chi connectivity index (χ0) is 10.3. The summed E-state index contributed by atoms with van der Waals surface area (Å²) in [6.45, 7) is 8.02. The maximum absolute atomic E-state index is 6.24. The highest BCUT2D eigenvalue weighted by Gasteiger charge is 2.45. The lowest BCUT2D eigenvalue weighted by Crippen LogP contribution is -2.57. The van der Waals surface area contributed by atoms with Gasteiger partial charge in [0.1, 0.15) is 0 Å². The van der Waals surface area contributed by atoms with Gasteiger partial charge in [-0.3, -0.25) is 0 Å². The van der Waals surface area contributed by atoms with E-state index in [9.17, 15) is 0 Å². The Morgan fingerprint density at radius 3 is 2.73 bits per heavy atom. The summed E-state index contributed by atoms with van der Waals surface area (Å²) in [4.78, 5) is 2.60. The lowest BCUT2D eigenvalue weighted by Gasteiger charge is -2.44. The van der Waals surface area contributed by atoms with E-state index >= 15 is 0 Å².